The van der Waals surface area contributed by atoms with E-state index in [-0.39, 0.29) is 12.2 Å². The van der Waals surface area contributed by atoms with Crippen LogP contribution in [0, 0.1) is 0 Å². The highest BCUT2D eigenvalue weighted by Gasteiger charge is 2.25. The number of nitrogens with zero attached hydrogens (tertiary/aromatic N) is 2. The number of halogens is 1. The monoisotopic (exact) mass is 336 g/mol. The summed E-state index contributed by atoms with van der Waals surface area (Å²) < 4.78 is 19.0. The lowest BCUT2D eigenvalue weighted by Crippen LogP contribution is -2.18. The molecule has 1 aliphatic heterocycles. The van der Waals surface area contributed by atoms with Crippen LogP contribution in [0.15, 0.2) is 36.9 Å². The average Bonchev–Trinajstić information content (AvgIpc) is 3.21. The van der Waals surface area contributed by atoms with Gasteiger partial charge < -0.3 is 18.8 Å². The number of hydrogen-bond acceptors (Lipinski definition) is 4. The first-order chi connectivity index (χ1) is 11.2. The molecule has 1 unspecified atom stereocenters. The Bertz CT molecular complexity index is 618. The highest BCUT2D eigenvalue weighted by molar-refractivity contribution is 6.32. The molecule has 0 radical (unpaired) electrons. The standard InChI is InChI=1S/C17H21ClN2O3/c1-21-14-4-5-17(16(18)10-14)22-9-6-13-2-3-15(23-13)11-20-8-7-19-12-20/h4-5,7-8,10,12-13,15H,2-3,6,9,11H2,1H3/t13?,15-/m0/s1. The van der Waals surface area contributed by atoms with Crippen molar-refractivity contribution in [3.05, 3.63) is 41.9 Å². The average molecular weight is 337 g/mol. The summed E-state index contributed by atoms with van der Waals surface area (Å²) in [5.41, 5.74) is 0. The zero-order valence-electron chi connectivity index (χ0n) is 13.2. The normalized spacial score (nSPS) is 20.6. The highest BCUT2D eigenvalue weighted by atomic mass is 35.5. The maximum absolute atomic E-state index is 6.16. The summed E-state index contributed by atoms with van der Waals surface area (Å²) in [6.45, 7) is 1.45. The van der Waals surface area contributed by atoms with Gasteiger partial charge in [-0.05, 0) is 25.0 Å². The number of benzene rings is 1. The van der Waals surface area contributed by atoms with Crippen molar-refractivity contribution in [2.24, 2.45) is 0 Å². The molecule has 2 atom stereocenters. The molecule has 0 aliphatic carbocycles. The first-order valence-electron chi connectivity index (χ1n) is 7.82. The van der Waals surface area contributed by atoms with Gasteiger partial charge in [-0.1, -0.05) is 11.6 Å². The summed E-state index contributed by atoms with van der Waals surface area (Å²) in [6, 6.07) is 5.43. The zero-order valence-corrected chi connectivity index (χ0v) is 13.9. The van der Waals surface area contributed by atoms with Crippen LogP contribution in [0.4, 0.5) is 0 Å². The van der Waals surface area contributed by atoms with Gasteiger partial charge in [0.1, 0.15) is 11.5 Å². The first kappa shape index (κ1) is 16.1. The van der Waals surface area contributed by atoms with Crippen molar-refractivity contribution >= 4 is 11.6 Å². The van der Waals surface area contributed by atoms with Gasteiger partial charge in [0, 0.05) is 31.4 Å². The zero-order chi connectivity index (χ0) is 16.1. The van der Waals surface area contributed by atoms with Crippen LogP contribution >= 0.6 is 11.6 Å². The van der Waals surface area contributed by atoms with Gasteiger partial charge in [-0.3, -0.25) is 0 Å². The maximum atomic E-state index is 6.16. The molecular formula is C17H21ClN2O3. The van der Waals surface area contributed by atoms with Crippen LogP contribution in [0.3, 0.4) is 0 Å². The van der Waals surface area contributed by atoms with E-state index in [9.17, 15) is 0 Å². The lowest BCUT2D eigenvalue weighted by molar-refractivity contribution is 0.0247. The molecule has 0 N–H and O–H groups in total. The van der Waals surface area contributed by atoms with Crippen molar-refractivity contribution < 1.29 is 14.2 Å². The van der Waals surface area contributed by atoms with E-state index in [4.69, 9.17) is 25.8 Å². The Hall–Kier alpha value is -1.72. The molecule has 1 fully saturated rings. The predicted octanol–water partition coefficient (Wildman–Crippen LogP) is 3.56. The largest absolute Gasteiger partial charge is 0.497 e. The van der Waals surface area contributed by atoms with Crippen molar-refractivity contribution in [2.75, 3.05) is 13.7 Å². The lowest BCUT2D eigenvalue weighted by Gasteiger charge is -2.15. The van der Waals surface area contributed by atoms with Crippen LogP contribution in [-0.2, 0) is 11.3 Å². The summed E-state index contributed by atoms with van der Waals surface area (Å²) >= 11 is 6.16. The minimum atomic E-state index is 0.251. The molecule has 6 heteroatoms. The van der Waals surface area contributed by atoms with Crippen LogP contribution in [-0.4, -0.2) is 35.5 Å². The lowest BCUT2D eigenvalue weighted by atomic mass is 10.1. The number of methoxy groups -OCH3 is 1. The highest BCUT2D eigenvalue weighted by Crippen LogP contribution is 2.29. The maximum Gasteiger partial charge on any atom is 0.138 e. The second kappa shape index (κ2) is 7.70. The Morgan fingerprint density at radius 3 is 2.96 bits per heavy atom. The summed E-state index contributed by atoms with van der Waals surface area (Å²) in [7, 11) is 1.61. The predicted molar refractivity (Wildman–Crippen MR) is 88.2 cm³/mol. The van der Waals surface area contributed by atoms with Gasteiger partial charge in [0.2, 0.25) is 0 Å². The molecule has 0 bridgehead atoms. The van der Waals surface area contributed by atoms with Crippen molar-refractivity contribution in [2.45, 2.75) is 38.0 Å². The first-order valence-corrected chi connectivity index (χ1v) is 8.20. The molecule has 2 heterocycles. The quantitative estimate of drug-likeness (QED) is 0.775. The van der Waals surface area contributed by atoms with Crippen LogP contribution in [0.1, 0.15) is 19.3 Å². The third-order valence-electron chi connectivity index (χ3n) is 4.01. The summed E-state index contributed by atoms with van der Waals surface area (Å²) in [4.78, 5) is 4.05. The molecule has 0 spiro atoms. The molecule has 2 aromatic rings. The minimum Gasteiger partial charge on any atom is -0.497 e. The fraction of sp³-hybridized carbons (Fsp3) is 0.471. The third kappa shape index (κ3) is 4.39. The third-order valence-corrected chi connectivity index (χ3v) is 4.30. The molecule has 1 aromatic carbocycles. The van der Waals surface area contributed by atoms with Gasteiger partial charge in [-0.2, -0.15) is 0 Å². The molecule has 1 aromatic heterocycles. The van der Waals surface area contributed by atoms with E-state index in [0.717, 1.165) is 31.6 Å². The Balaban J connectivity index is 1.41. The van der Waals surface area contributed by atoms with E-state index in [2.05, 4.69) is 9.55 Å². The fourth-order valence-corrected chi connectivity index (χ4v) is 3.01. The van der Waals surface area contributed by atoms with Gasteiger partial charge in [0.25, 0.3) is 0 Å². The molecule has 3 rings (SSSR count). The van der Waals surface area contributed by atoms with E-state index in [1.54, 1.807) is 19.4 Å². The van der Waals surface area contributed by atoms with Gasteiger partial charge in [0.15, 0.2) is 0 Å². The Labute approximate surface area is 141 Å². The summed E-state index contributed by atoms with van der Waals surface area (Å²) in [5, 5.41) is 0.565. The van der Waals surface area contributed by atoms with E-state index in [1.165, 1.54) is 0 Å². The second-order valence-electron chi connectivity index (χ2n) is 5.65. The Kier molecular flexibility index (Phi) is 5.41. The molecule has 0 saturated carbocycles. The number of ether oxygens (including phenoxy) is 3. The number of aromatic nitrogens is 2. The van der Waals surface area contributed by atoms with E-state index in [1.807, 2.05) is 24.7 Å². The summed E-state index contributed by atoms with van der Waals surface area (Å²) in [6.07, 6.45) is 9.10. The Morgan fingerprint density at radius 1 is 1.35 bits per heavy atom. The second-order valence-corrected chi connectivity index (χ2v) is 6.06. The van der Waals surface area contributed by atoms with Crippen molar-refractivity contribution in [3.8, 4) is 11.5 Å². The Morgan fingerprint density at radius 2 is 2.22 bits per heavy atom. The van der Waals surface area contributed by atoms with Crippen LogP contribution in [0.2, 0.25) is 5.02 Å². The minimum absolute atomic E-state index is 0.251. The van der Waals surface area contributed by atoms with E-state index in [0.29, 0.717) is 17.4 Å². The number of rotatable bonds is 7. The number of imidazole rings is 1. The van der Waals surface area contributed by atoms with E-state index < -0.39 is 0 Å². The van der Waals surface area contributed by atoms with Gasteiger partial charge in [-0.25, -0.2) is 4.98 Å². The van der Waals surface area contributed by atoms with Crippen LogP contribution < -0.4 is 9.47 Å². The fourth-order valence-electron chi connectivity index (χ4n) is 2.78. The van der Waals surface area contributed by atoms with Crippen LogP contribution in [0.25, 0.3) is 0 Å². The van der Waals surface area contributed by atoms with E-state index >= 15 is 0 Å². The SMILES string of the molecule is COc1ccc(OCCC2CC[C@@H](Cn3ccnc3)O2)c(Cl)c1. The van der Waals surface area contributed by atoms with Crippen molar-refractivity contribution in [1.82, 2.24) is 9.55 Å². The molecule has 1 saturated heterocycles. The van der Waals surface area contributed by atoms with Crippen molar-refractivity contribution in [1.29, 1.82) is 0 Å². The molecule has 1 aliphatic rings. The smallest absolute Gasteiger partial charge is 0.138 e. The van der Waals surface area contributed by atoms with Crippen LogP contribution in [0.5, 0.6) is 11.5 Å². The molecule has 5 nitrogen and oxygen atoms in total. The molecular weight excluding hydrogens is 316 g/mol. The van der Waals surface area contributed by atoms with Gasteiger partial charge >= 0.3 is 0 Å². The summed E-state index contributed by atoms with van der Waals surface area (Å²) in [5.74, 6) is 1.41. The molecule has 124 valence electrons. The van der Waals surface area contributed by atoms with Gasteiger partial charge in [-0.15, -0.1) is 0 Å². The van der Waals surface area contributed by atoms with Gasteiger partial charge in [0.05, 0.1) is 37.3 Å². The number of hydrogen-bond donors (Lipinski definition) is 0. The topological polar surface area (TPSA) is 45.5 Å². The molecule has 0 amide bonds. The molecule has 23 heavy (non-hydrogen) atoms. The van der Waals surface area contributed by atoms with Crippen molar-refractivity contribution in [3.63, 3.8) is 0 Å².